The van der Waals surface area contributed by atoms with Gasteiger partial charge in [-0.05, 0) is 48.6 Å². The average molecular weight is 245 g/mol. The molecule has 0 spiro atoms. The Morgan fingerprint density at radius 1 is 1.24 bits per heavy atom. The zero-order valence-electron chi connectivity index (χ0n) is 10.1. The lowest BCUT2D eigenvalue weighted by Crippen LogP contribution is -2.29. The zero-order chi connectivity index (χ0) is 11.3. The average Bonchev–Trinajstić information content (AvgIpc) is 3.24. The Morgan fingerprint density at radius 3 is 2.82 bits per heavy atom. The van der Waals surface area contributed by atoms with Gasteiger partial charge in [-0.1, -0.05) is 18.2 Å². The van der Waals surface area contributed by atoms with Gasteiger partial charge >= 0.3 is 0 Å². The Kier molecular flexibility index (Phi) is 2.31. The molecule has 2 heteroatoms. The molecule has 0 radical (unpaired) electrons. The third kappa shape index (κ3) is 1.82. The maximum absolute atomic E-state index is 3.84. The first-order chi connectivity index (χ1) is 8.37. The van der Waals surface area contributed by atoms with Gasteiger partial charge in [0, 0.05) is 23.2 Å². The maximum atomic E-state index is 3.84. The van der Waals surface area contributed by atoms with Crippen LogP contribution in [0.15, 0.2) is 29.2 Å². The highest BCUT2D eigenvalue weighted by Gasteiger charge is 2.53. The van der Waals surface area contributed by atoms with E-state index >= 15 is 0 Å². The summed E-state index contributed by atoms with van der Waals surface area (Å²) in [6, 6.07) is 9.49. The second-order valence-electron chi connectivity index (χ2n) is 5.92. The molecule has 1 aliphatic heterocycles. The van der Waals surface area contributed by atoms with Gasteiger partial charge in [-0.25, -0.2) is 0 Å². The Morgan fingerprint density at radius 2 is 2.06 bits per heavy atom. The predicted octanol–water partition coefficient (Wildman–Crippen LogP) is 3.61. The monoisotopic (exact) mass is 245 g/mol. The van der Waals surface area contributed by atoms with E-state index in [0.29, 0.717) is 6.04 Å². The van der Waals surface area contributed by atoms with Crippen molar-refractivity contribution >= 4 is 11.8 Å². The van der Waals surface area contributed by atoms with Crippen LogP contribution in [0.3, 0.4) is 0 Å². The highest BCUT2D eigenvalue weighted by Crippen LogP contribution is 2.61. The number of thioether (sulfide) groups is 1. The summed E-state index contributed by atoms with van der Waals surface area (Å²) in [5, 5.41) is 3.84. The standard InChI is InChI=1S/C15H19NS/c1-2-4-14-12(3-1)13(9-17-14)16-10-15(7-8-15)11-5-6-11/h1-4,11,13,16H,5-10H2. The van der Waals surface area contributed by atoms with Crippen LogP contribution in [0.4, 0.5) is 0 Å². The van der Waals surface area contributed by atoms with Crippen molar-refractivity contribution in [2.75, 3.05) is 12.3 Å². The lowest BCUT2D eigenvalue weighted by Gasteiger charge is -2.19. The minimum atomic E-state index is 0.604. The first kappa shape index (κ1) is 10.5. The molecule has 4 rings (SSSR count). The van der Waals surface area contributed by atoms with Crippen molar-refractivity contribution in [1.82, 2.24) is 5.32 Å². The molecule has 3 aliphatic rings. The van der Waals surface area contributed by atoms with Gasteiger partial charge in [-0.3, -0.25) is 0 Å². The molecule has 1 unspecified atom stereocenters. The highest BCUT2D eigenvalue weighted by atomic mass is 32.2. The minimum Gasteiger partial charge on any atom is -0.309 e. The van der Waals surface area contributed by atoms with Gasteiger partial charge in [-0.2, -0.15) is 0 Å². The molecule has 0 bridgehead atoms. The second-order valence-corrected chi connectivity index (χ2v) is 6.98. The normalized spacial score (nSPS) is 29.1. The van der Waals surface area contributed by atoms with Gasteiger partial charge in [0.15, 0.2) is 0 Å². The zero-order valence-corrected chi connectivity index (χ0v) is 10.9. The number of rotatable bonds is 4. The molecule has 0 amide bonds. The van der Waals surface area contributed by atoms with Gasteiger partial charge in [0.05, 0.1) is 0 Å². The molecule has 2 saturated carbocycles. The molecule has 17 heavy (non-hydrogen) atoms. The SMILES string of the molecule is c1ccc2c(c1)SCC2NCC1(C2CC2)CC1. The molecule has 0 aromatic heterocycles. The third-order valence-corrected chi connectivity index (χ3v) is 5.92. The molecule has 0 saturated heterocycles. The Balaban J connectivity index is 1.44. The number of hydrogen-bond acceptors (Lipinski definition) is 2. The summed E-state index contributed by atoms with van der Waals surface area (Å²) >= 11 is 2.01. The molecular formula is C15H19NS. The topological polar surface area (TPSA) is 12.0 Å². The summed E-state index contributed by atoms with van der Waals surface area (Å²) in [5.74, 6) is 2.29. The van der Waals surface area contributed by atoms with Crippen LogP contribution >= 0.6 is 11.8 Å². The quantitative estimate of drug-likeness (QED) is 0.869. The van der Waals surface area contributed by atoms with E-state index in [1.54, 1.807) is 0 Å². The van der Waals surface area contributed by atoms with E-state index < -0.39 is 0 Å². The van der Waals surface area contributed by atoms with E-state index in [2.05, 4.69) is 29.6 Å². The Bertz CT molecular complexity index is 434. The first-order valence-electron chi connectivity index (χ1n) is 6.83. The molecule has 1 N–H and O–H groups in total. The second kappa shape index (κ2) is 3.76. The molecule has 1 aromatic rings. The predicted molar refractivity (Wildman–Crippen MR) is 72.3 cm³/mol. The van der Waals surface area contributed by atoms with Crippen LogP contribution in [-0.4, -0.2) is 12.3 Å². The van der Waals surface area contributed by atoms with Gasteiger partial charge in [0.2, 0.25) is 0 Å². The number of nitrogens with one attached hydrogen (secondary N) is 1. The lowest BCUT2D eigenvalue weighted by molar-refractivity contribution is 0.384. The van der Waals surface area contributed by atoms with Crippen molar-refractivity contribution in [3.05, 3.63) is 29.8 Å². The molecule has 2 aliphatic carbocycles. The summed E-state index contributed by atoms with van der Waals surface area (Å²) in [6.07, 6.45) is 5.95. The van der Waals surface area contributed by atoms with Crippen molar-refractivity contribution in [2.45, 2.75) is 36.6 Å². The van der Waals surface area contributed by atoms with Crippen molar-refractivity contribution in [3.63, 3.8) is 0 Å². The van der Waals surface area contributed by atoms with Crippen LogP contribution in [0.1, 0.15) is 37.3 Å². The lowest BCUT2D eigenvalue weighted by atomic mass is 9.99. The van der Waals surface area contributed by atoms with Crippen molar-refractivity contribution in [3.8, 4) is 0 Å². The minimum absolute atomic E-state index is 0.604. The Hall–Kier alpha value is -0.470. The van der Waals surface area contributed by atoms with Gasteiger partial charge in [0.1, 0.15) is 0 Å². The smallest absolute Gasteiger partial charge is 0.0426 e. The van der Waals surface area contributed by atoms with Gasteiger partial charge in [-0.15, -0.1) is 11.8 Å². The molecule has 90 valence electrons. The van der Waals surface area contributed by atoms with E-state index in [1.807, 2.05) is 11.8 Å². The van der Waals surface area contributed by atoms with Crippen LogP contribution in [0.2, 0.25) is 0 Å². The molecule has 1 nitrogen and oxygen atoms in total. The molecule has 1 atom stereocenters. The Labute approximate surface area is 107 Å². The molecular weight excluding hydrogens is 226 g/mol. The number of hydrogen-bond donors (Lipinski definition) is 1. The van der Waals surface area contributed by atoms with E-state index in [9.17, 15) is 0 Å². The molecule has 1 heterocycles. The number of fused-ring (bicyclic) bond motifs is 1. The fourth-order valence-corrected chi connectivity index (χ4v) is 4.44. The largest absolute Gasteiger partial charge is 0.309 e. The van der Waals surface area contributed by atoms with Gasteiger partial charge < -0.3 is 5.32 Å². The summed E-state index contributed by atoms with van der Waals surface area (Å²) < 4.78 is 0. The van der Waals surface area contributed by atoms with Crippen LogP contribution < -0.4 is 5.32 Å². The fourth-order valence-electron chi connectivity index (χ4n) is 3.24. The van der Waals surface area contributed by atoms with Crippen LogP contribution in [0, 0.1) is 11.3 Å². The van der Waals surface area contributed by atoms with Crippen LogP contribution in [0.5, 0.6) is 0 Å². The molecule has 2 fully saturated rings. The fraction of sp³-hybridized carbons (Fsp3) is 0.600. The summed E-state index contributed by atoms with van der Waals surface area (Å²) in [7, 11) is 0. The summed E-state index contributed by atoms with van der Waals surface area (Å²) in [4.78, 5) is 1.49. The summed E-state index contributed by atoms with van der Waals surface area (Å²) in [5.41, 5.74) is 2.26. The first-order valence-corrected chi connectivity index (χ1v) is 7.81. The van der Waals surface area contributed by atoms with Crippen molar-refractivity contribution in [2.24, 2.45) is 11.3 Å². The van der Waals surface area contributed by atoms with Crippen molar-refractivity contribution in [1.29, 1.82) is 0 Å². The summed E-state index contributed by atoms with van der Waals surface area (Å²) in [6.45, 7) is 1.26. The van der Waals surface area contributed by atoms with Gasteiger partial charge in [0.25, 0.3) is 0 Å². The van der Waals surface area contributed by atoms with E-state index in [4.69, 9.17) is 0 Å². The van der Waals surface area contributed by atoms with Crippen LogP contribution in [-0.2, 0) is 0 Å². The van der Waals surface area contributed by atoms with E-state index in [0.717, 1.165) is 11.3 Å². The maximum Gasteiger partial charge on any atom is 0.0426 e. The van der Waals surface area contributed by atoms with Crippen LogP contribution in [0.25, 0.3) is 0 Å². The van der Waals surface area contributed by atoms with E-state index in [-0.39, 0.29) is 0 Å². The van der Waals surface area contributed by atoms with Crippen molar-refractivity contribution < 1.29 is 0 Å². The number of benzene rings is 1. The molecule has 1 aromatic carbocycles. The highest BCUT2D eigenvalue weighted by molar-refractivity contribution is 7.99. The van der Waals surface area contributed by atoms with E-state index in [1.165, 1.54) is 48.4 Å². The third-order valence-electron chi connectivity index (χ3n) is 4.74.